The number of rotatable bonds is 6. The summed E-state index contributed by atoms with van der Waals surface area (Å²) in [7, 11) is 0. The minimum atomic E-state index is -0.987. The molecule has 1 aromatic heterocycles. The van der Waals surface area contributed by atoms with Crippen LogP contribution in [0.25, 0.3) is 5.57 Å². The Hall–Kier alpha value is -2.15. The number of aromatic carboxylic acids is 1. The third kappa shape index (κ3) is 4.63. The molecule has 32 heavy (non-hydrogen) atoms. The van der Waals surface area contributed by atoms with Crippen molar-refractivity contribution in [1.29, 1.82) is 0 Å². The first-order chi connectivity index (χ1) is 15.4. The topological polar surface area (TPSA) is 86.7 Å². The van der Waals surface area contributed by atoms with Crippen LogP contribution in [0.5, 0.6) is 0 Å². The van der Waals surface area contributed by atoms with E-state index in [0.717, 1.165) is 69.1 Å². The van der Waals surface area contributed by atoms with Crippen molar-refractivity contribution in [2.75, 3.05) is 18.4 Å². The Morgan fingerprint density at radius 2 is 1.91 bits per heavy atom. The van der Waals surface area contributed by atoms with Gasteiger partial charge < -0.3 is 15.3 Å². The number of hydrogen-bond donors (Lipinski definition) is 2. The molecule has 0 atom stereocenters. The quantitative estimate of drug-likeness (QED) is 0.558. The molecule has 3 aliphatic rings. The Balaban J connectivity index is 1.59. The zero-order valence-electron chi connectivity index (χ0n) is 18.9. The van der Waals surface area contributed by atoms with E-state index in [1.807, 2.05) is 6.07 Å². The SMILES string of the molecule is CC1CCC(C(=O)Nc2cc(C3=CCCCC3)sc2C(=O)O)(C2CCN(C=O)CC2)CC1. The Kier molecular flexibility index (Phi) is 7.03. The van der Waals surface area contributed by atoms with Crippen molar-refractivity contribution < 1.29 is 19.5 Å². The van der Waals surface area contributed by atoms with Crippen LogP contribution in [0.3, 0.4) is 0 Å². The number of anilines is 1. The number of carbonyl (C=O) groups excluding carboxylic acids is 2. The predicted octanol–water partition coefficient (Wildman–Crippen LogP) is 5.41. The van der Waals surface area contributed by atoms with E-state index in [1.54, 1.807) is 4.90 Å². The van der Waals surface area contributed by atoms with E-state index in [-0.39, 0.29) is 16.7 Å². The van der Waals surface area contributed by atoms with Crippen LogP contribution >= 0.6 is 11.3 Å². The molecule has 2 heterocycles. The number of carboxylic acid groups (broad SMARTS) is 1. The Bertz CT molecular complexity index is 890. The predicted molar refractivity (Wildman–Crippen MR) is 127 cm³/mol. The van der Waals surface area contributed by atoms with Gasteiger partial charge in [-0.15, -0.1) is 11.3 Å². The van der Waals surface area contributed by atoms with Crippen molar-refractivity contribution >= 4 is 40.9 Å². The van der Waals surface area contributed by atoms with Crippen LogP contribution in [-0.4, -0.2) is 41.4 Å². The first-order valence-corrected chi connectivity index (χ1v) is 12.8. The van der Waals surface area contributed by atoms with Gasteiger partial charge in [-0.3, -0.25) is 9.59 Å². The summed E-state index contributed by atoms with van der Waals surface area (Å²) in [6.07, 6.45) is 12.7. The maximum atomic E-state index is 13.8. The minimum Gasteiger partial charge on any atom is -0.477 e. The van der Waals surface area contributed by atoms with E-state index in [1.165, 1.54) is 23.3 Å². The lowest BCUT2D eigenvalue weighted by Gasteiger charge is -2.46. The molecule has 6 nitrogen and oxygen atoms in total. The van der Waals surface area contributed by atoms with Crippen molar-refractivity contribution in [3.8, 4) is 0 Å². The van der Waals surface area contributed by atoms with Gasteiger partial charge >= 0.3 is 5.97 Å². The van der Waals surface area contributed by atoms with Crippen molar-refractivity contribution in [3.63, 3.8) is 0 Å². The highest BCUT2D eigenvalue weighted by molar-refractivity contribution is 7.15. The lowest BCUT2D eigenvalue weighted by molar-refractivity contribution is -0.134. The fraction of sp³-hybridized carbons (Fsp3) is 0.640. The molecule has 7 heteroatoms. The number of likely N-dealkylation sites (tertiary alicyclic amines) is 1. The van der Waals surface area contributed by atoms with Crippen molar-refractivity contribution in [1.82, 2.24) is 4.90 Å². The molecule has 0 aromatic carbocycles. The fourth-order valence-corrected chi connectivity index (χ4v) is 6.79. The van der Waals surface area contributed by atoms with Crippen LogP contribution in [0.1, 0.15) is 85.7 Å². The van der Waals surface area contributed by atoms with Gasteiger partial charge in [-0.05, 0) is 87.7 Å². The van der Waals surface area contributed by atoms with Crippen LogP contribution < -0.4 is 5.32 Å². The molecule has 0 unspecified atom stereocenters. The van der Waals surface area contributed by atoms with Crippen LogP contribution in [0.4, 0.5) is 5.69 Å². The van der Waals surface area contributed by atoms with Gasteiger partial charge in [0.25, 0.3) is 0 Å². The molecule has 1 aliphatic heterocycles. The summed E-state index contributed by atoms with van der Waals surface area (Å²) in [6.45, 7) is 3.62. The average molecular weight is 459 g/mol. The number of nitrogens with one attached hydrogen (secondary N) is 1. The van der Waals surface area contributed by atoms with Crippen molar-refractivity contribution in [3.05, 3.63) is 21.9 Å². The van der Waals surface area contributed by atoms with Crippen LogP contribution in [0.15, 0.2) is 12.1 Å². The van der Waals surface area contributed by atoms with Gasteiger partial charge in [0.05, 0.1) is 11.1 Å². The number of allylic oxidation sites excluding steroid dienone is 2. The van der Waals surface area contributed by atoms with Crippen LogP contribution in [0.2, 0.25) is 0 Å². The zero-order chi connectivity index (χ0) is 22.7. The van der Waals surface area contributed by atoms with E-state index < -0.39 is 11.4 Å². The molecule has 2 N–H and O–H groups in total. The van der Waals surface area contributed by atoms with E-state index in [9.17, 15) is 19.5 Å². The maximum absolute atomic E-state index is 13.8. The molecule has 0 spiro atoms. The largest absolute Gasteiger partial charge is 0.477 e. The smallest absolute Gasteiger partial charge is 0.348 e. The third-order valence-corrected chi connectivity index (χ3v) is 9.06. The number of carbonyl (C=O) groups is 3. The highest BCUT2D eigenvalue weighted by atomic mass is 32.1. The van der Waals surface area contributed by atoms with E-state index in [2.05, 4.69) is 18.3 Å². The van der Waals surface area contributed by atoms with Gasteiger partial charge in [0.1, 0.15) is 4.88 Å². The molecule has 1 saturated heterocycles. The molecule has 2 amide bonds. The highest BCUT2D eigenvalue weighted by Crippen LogP contribution is 2.49. The monoisotopic (exact) mass is 458 g/mol. The number of amides is 2. The van der Waals surface area contributed by atoms with Gasteiger partial charge in [0.15, 0.2) is 0 Å². The zero-order valence-corrected chi connectivity index (χ0v) is 19.7. The number of thiophene rings is 1. The molecule has 1 aromatic rings. The molecular weight excluding hydrogens is 424 g/mol. The summed E-state index contributed by atoms with van der Waals surface area (Å²) >= 11 is 1.27. The van der Waals surface area contributed by atoms with Gasteiger partial charge in [0.2, 0.25) is 12.3 Å². The van der Waals surface area contributed by atoms with E-state index in [4.69, 9.17) is 0 Å². The number of carboxylic acids is 1. The number of nitrogens with zero attached hydrogens (tertiary/aromatic N) is 1. The molecule has 174 valence electrons. The second kappa shape index (κ2) is 9.77. The lowest BCUT2D eigenvalue weighted by atomic mass is 9.61. The Morgan fingerprint density at radius 3 is 2.50 bits per heavy atom. The van der Waals surface area contributed by atoms with Gasteiger partial charge in [-0.2, -0.15) is 0 Å². The van der Waals surface area contributed by atoms with Gasteiger partial charge in [-0.25, -0.2) is 4.79 Å². The number of hydrogen-bond acceptors (Lipinski definition) is 4. The summed E-state index contributed by atoms with van der Waals surface area (Å²) < 4.78 is 0. The Labute approximate surface area is 194 Å². The average Bonchev–Trinajstić information content (AvgIpc) is 3.24. The van der Waals surface area contributed by atoms with Crippen LogP contribution in [0, 0.1) is 17.3 Å². The summed E-state index contributed by atoms with van der Waals surface area (Å²) in [5.74, 6) is -0.192. The van der Waals surface area contributed by atoms with Gasteiger partial charge in [0, 0.05) is 18.0 Å². The molecule has 0 radical (unpaired) electrons. The second-order valence-corrected chi connectivity index (χ2v) is 10.9. The van der Waals surface area contributed by atoms with Crippen LogP contribution in [-0.2, 0) is 9.59 Å². The molecule has 0 bridgehead atoms. The normalized spacial score (nSPS) is 27.0. The summed E-state index contributed by atoms with van der Waals surface area (Å²) in [4.78, 5) is 39.9. The summed E-state index contributed by atoms with van der Waals surface area (Å²) in [5.41, 5.74) is 1.16. The number of piperidine rings is 1. The standard InChI is InChI=1S/C25H34N2O4S/c1-17-7-11-25(12-8-17,19-9-13-27(16-28)14-10-19)24(31)26-20-15-21(32-22(20)23(29)30)18-5-3-2-4-6-18/h5,15-17,19H,2-4,6-14H2,1H3,(H,26,31)(H,29,30). The van der Waals surface area contributed by atoms with Crippen molar-refractivity contribution in [2.24, 2.45) is 17.3 Å². The molecule has 4 rings (SSSR count). The fourth-order valence-electron chi connectivity index (χ4n) is 5.77. The first kappa shape index (κ1) is 23.0. The second-order valence-electron chi connectivity index (χ2n) is 9.84. The molecule has 1 saturated carbocycles. The maximum Gasteiger partial charge on any atom is 0.348 e. The van der Waals surface area contributed by atoms with E-state index in [0.29, 0.717) is 24.7 Å². The molecule has 2 aliphatic carbocycles. The highest BCUT2D eigenvalue weighted by Gasteiger charge is 2.48. The van der Waals surface area contributed by atoms with Crippen molar-refractivity contribution in [2.45, 2.75) is 71.1 Å². The Morgan fingerprint density at radius 1 is 1.19 bits per heavy atom. The third-order valence-electron chi connectivity index (χ3n) is 7.86. The summed E-state index contributed by atoms with van der Waals surface area (Å²) in [5, 5.41) is 12.9. The molecule has 2 fully saturated rings. The van der Waals surface area contributed by atoms with Gasteiger partial charge in [-0.1, -0.05) is 13.0 Å². The molecular formula is C25H34N2O4S. The minimum absolute atomic E-state index is 0.0292. The summed E-state index contributed by atoms with van der Waals surface area (Å²) in [6, 6.07) is 1.87. The first-order valence-electron chi connectivity index (χ1n) is 12.0. The lowest BCUT2D eigenvalue weighted by Crippen LogP contribution is -2.49. The van der Waals surface area contributed by atoms with E-state index >= 15 is 0 Å².